The van der Waals surface area contributed by atoms with E-state index in [9.17, 15) is 0 Å². The van der Waals surface area contributed by atoms with Gasteiger partial charge in [-0.2, -0.15) is 0 Å². The van der Waals surface area contributed by atoms with Crippen molar-refractivity contribution in [3.05, 3.63) is 54.2 Å². The van der Waals surface area contributed by atoms with Crippen LogP contribution in [0.15, 0.2) is 48.7 Å². The average Bonchev–Trinajstić information content (AvgIpc) is 2.63. The molecule has 0 radical (unpaired) electrons. The summed E-state index contributed by atoms with van der Waals surface area (Å²) in [5, 5.41) is 3.48. The van der Waals surface area contributed by atoms with Crippen molar-refractivity contribution < 1.29 is 9.47 Å². The molecule has 0 saturated carbocycles. The summed E-state index contributed by atoms with van der Waals surface area (Å²) in [5.41, 5.74) is 1.20. The Morgan fingerprint density at radius 1 is 1.22 bits per heavy atom. The second-order valence-corrected chi connectivity index (χ2v) is 5.80. The van der Waals surface area contributed by atoms with Gasteiger partial charge in [-0.05, 0) is 44.0 Å². The van der Waals surface area contributed by atoms with Gasteiger partial charge in [0.15, 0.2) is 5.75 Å². The summed E-state index contributed by atoms with van der Waals surface area (Å²) >= 11 is 0. The highest BCUT2D eigenvalue weighted by molar-refractivity contribution is 5.34. The van der Waals surface area contributed by atoms with Gasteiger partial charge in [-0.15, -0.1) is 0 Å². The van der Waals surface area contributed by atoms with Crippen LogP contribution in [0.25, 0.3) is 0 Å². The van der Waals surface area contributed by atoms with E-state index in [0.29, 0.717) is 24.2 Å². The fraction of sp³-hybridized carbons (Fsp3) is 0.421. The minimum atomic E-state index is 0.00686. The van der Waals surface area contributed by atoms with E-state index in [-0.39, 0.29) is 6.10 Å². The number of hydrogen-bond donors (Lipinski definition) is 1. The molecule has 1 saturated heterocycles. The summed E-state index contributed by atoms with van der Waals surface area (Å²) in [6, 6.07) is 14.3. The molecule has 3 rings (SSSR count). The number of hydrogen-bond acceptors (Lipinski definition) is 4. The smallest absolute Gasteiger partial charge is 0.257 e. The van der Waals surface area contributed by atoms with E-state index in [2.05, 4.69) is 34.6 Å². The van der Waals surface area contributed by atoms with Crippen molar-refractivity contribution >= 4 is 0 Å². The van der Waals surface area contributed by atoms with Crippen molar-refractivity contribution in [3.8, 4) is 11.6 Å². The summed E-state index contributed by atoms with van der Waals surface area (Å²) < 4.78 is 12.0. The SMILES string of the molecule is CCOc1ncccc1O[C@@H](c1ccccc1)[C@H]1CCCNC1. The molecule has 0 aliphatic carbocycles. The van der Waals surface area contributed by atoms with E-state index in [1.54, 1.807) is 6.20 Å². The van der Waals surface area contributed by atoms with Gasteiger partial charge in [0.2, 0.25) is 0 Å². The van der Waals surface area contributed by atoms with Crippen LogP contribution in [0.4, 0.5) is 0 Å². The normalized spacial score (nSPS) is 19.1. The number of piperidine rings is 1. The number of pyridine rings is 1. The molecule has 0 bridgehead atoms. The third kappa shape index (κ3) is 4.02. The molecule has 2 aromatic rings. The number of aromatic nitrogens is 1. The first-order valence-corrected chi connectivity index (χ1v) is 8.38. The van der Waals surface area contributed by atoms with Crippen LogP contribution in [0.5, 0.6) is 11.6 Å². The molecule has 0 unspecified atom stereocenters. The molecule has 0 amide bonds. The molecular weight excluding hydrogens is 288 g/mol. The number of nitrogens with zero attached hydrogens (tertiary/aromatic N) is 1. The van der Waals surface area contributed by atoms with Gasteiger partial charge >= 0.3 is 0 Å². The summed E-state index contributed by atoms with van der Waals surface area (Å²) in [6.07, 6.45) is 4.09. The number of nitrogens with one attached hydrogen (secondary N) is 1. The Kier molecular flexibility index (Phi) is 5.48. The lowest BCUT2D eigenvalue weighted by atomic mass is 9.89. The fourth-order valence-corrected chi connectivity index (χ4v) is 3.06. The van der Waals surface area contributed by atoms with E-state index >= 15 is 0 Å². The molecule has 0 spiro atoms. The zero-order valence-corrected chi connectivity index (χ0v) is 13.6. The maximum atomic E-state index is 6.40. The van der Waals surface area contributed by atoms with E-state index in [1.165, 1.54) is 12.0 Å². The van der Waals surface area contributed by atoms with Crippen LogP contribution in [0.1, 0.15) is 31.4 Å². The zero-order chi connectivity index (χ0) is 15.9. The molecule has 1 aromatic heterocycles. The van der Waals surface area contributed by atoms with Gasteiger partial charge in [-0.1, -0.05) is 30.3 Å². The maximum Gasteiger partial charge on any atom is 0.257 e. The van der Waals surface area contributed by atoms with Gasteiger partial charge in [-0.3, -0.25) is 0 Å². The molecule has 122 valence electrons. The van der Waals surface area contributed by atoms with Crippen LogP contribution in [0.3, 0.4) is 0 Å². The third-order valence-corrected chi connectivity index (χ3v) is 4.16. The van der Waals surface area contributed by atoms with Crippen molar-refractivity contribution in [3.63, 3.8) is 0 Å². The molecule has 1 aromatic carbocycles. The molecule has 2 heterocycles. The van der Waals surface area contributed by atoms with Crippen LogP contribution in [-0.2, 0) is 0 Å². The molecule has 23 heavy (non-hydrogen) atoms. The fourth-order valence-electron chi connectivity index (χ4n) is 3.06. The van der Waals surface area contributed by atoms with Crippen LogP contribution in [0.2, 0.25) is 0 Å². The molecule has 4 nitrogen and oxygen atoms in total. The Hall–Kier alpha value is -2.07. The molecule has 1 fully saturated rings. The minimum absolute atomic E-state index is 0.00686. The van der Waals surface area contributed by atoms with Crippen molar-refractivity contribution in [2.24, 2.45) is 5.92 Å². The van der Waals surface area contributed by atoms with Crippen molar-refractivity contribution in [2.75, 3.05) is 19.7 Å². The predicted molar refractivity (Wildman–Crippen MR) is 90.8 cm³/mol. The first-order chi connectivity index (χ1) is 11.4. The quantitative estimate of drug-likeness (QED) is 0.885. The van der Waals surface area contributed by atoms with Gasteiger partial charge in [0.1, 0.15) is 6.10 Å². The van der Waals surface area contributed by atoms with Gasteiger partial charge in [0, 0.05) is 18.7 Å². The van der Waals surface area contributed by atoms with Crippen molar-refractivity contribution in [2.45, 2.75) is 25.9 Å². The van der Waals surface area contributed by atoms with Crippen molar-refractivity contribution in [1.29, 1.82) is 0 Å². The topological polar surface area (TPSA) is 43.4 Å². The van der Waals surface area contributed by atoms with Gasteiger partial charge in [-0.25, -0.2) is 4.98 Å². The molecule has 1 N–H and O–H groups in total. The first kappa shape index (κ1) is 15.8. The first-order valence-electron chi connectivity index (χ1n) is 8.38. The number of benzene rings is 1. The Labute approximate surface area is 137 Å². The monoisotopic (exact) mass is 312 g/mol. The highest BCUT2D eigenvalue weighted by Crippen LogP contribution is 2.35. The molecule has 2 atom stereocenters. The largest absolute Gasteiger partial charge is 0.480 e. The summed E-state index contributed by atoms with van der Waals surface area (Å²) in [4.78, 5) is 4.30. The summed E-state index contributed by atoms with van der Waals surface area (Å²) in [6.45, 7) is 4.60. The van der Waals surface area contributed by atoms with Gasteiger partial charge in [0.05, 0.1) is 6.61 Å². The Bertz CT molecular complexity index is 597. The van der Waals surface area contributed by atoms with Crippen LogP contribution < -0.4 is 14.8 Å². The lowest BCUT2D eigenvalue weighted by Crippen LogP contribution is -2.35. The highest BCUT2D eigenvalue weighted by atomic mass is 16.5. The molecular formula is C19H24N2O2. The van der Waals surface area contributed by atoms with Gasteiger partial charge < -0.3 is 14.8 Å². The van der Waals surface area contributed by atoms with Crippen LogP contribution in [0, 0.1) is 5.92 Å². The standard InChI is InChI=1S/C19H24N2O2/c1-2-22-19-17(11-7-13-21-19)23-18(15-8-4-3-5-9-15)16-10-6-12-20-14-16/h3-5,7-9,11,13,16,18,20H,2,6,10,12,14H2,1H3/t16-,18-/m0/s1. The van der Waals surface area contributed by atoms with E-state index in [1.807, 2.05) is 25.1 Å². The molecule has 1 aliphatic heterocycles. The lowest BCUT2D eigenvalue weighted by Gasteiger charge is -2.31. The highest BCUT2D eigenvalue weighted by Gasteiger charge is 2.27. The Morgan fingerprint density at radius 2 is 2.09 bits per heavy atom. The average molecular weight is 312 g/mol. The Balaban J connectivity index is 1.86. The summed E-state index contributed by atoms with van der Waals surface area (Å²) in [5.74, 6) is 1.73. The van der Waals surface area contributed by atoms with Crippen LogP contribution >= 0.6 is 0 Å². The third-order valence-electron chi connectivity index (χ3n) is 4.16. The number of rotatable bonds is 6. The number of ether oxygens (including phenoxy) is 2. The van der Waals surface area contributed by atoms with E-state index in [0.717, 1.165) is 19.5 Å². The van der Waals surface area contributed by atoms with Gasteiger partial charge in [0.25, 0.3) is 5.88 Å². The maximum absolute atomic E-state index is 6.40. The molecule has 4 heteroatoms. The minimum Gasteiger partial charge on any atom is -0.480 e. The van der Waals surface area contributed by atoms with Crippen molar-refractivity contribution in [1.82, 2.24) is 10.3 Å². The zero-order valence-electron chi connectivity index (χ0n) is 13.6. The van der Waals surface area contributed by atoms with E-state index < -0.39 is 0 Å². The lowest BCUT2D eigenvalue weighted by molar-refractivity contribution is 0.110. The van der Waals surface area contributed by atoms with E-state index in [4.69, 9.17) is 9.47 Å². The second-order valence-electron chi connectivity index (χ2n) is 5.80. The van der Waals surface area contributed by atoms with Crippen LogP contribution in [-0.4, -0.2) is 24.7 Å². The second kappa shape index (κ2) is 7.97. The summed E-state index contributed by atoms with van der Waals surface area (Å²) in [7, 11) is 0. The molecule has 1 aliphatic rings. The Morgan fingerprint density at radius 3 is 2.83 bits per heavy atom. The predicted octanol–water partition coefficient (Wildman–Crippen LogP) is 3.60.